The van der Waals surface area contributed by atoms with E-state index < -0.39 is 17.9 Å². The zero-order valence-electron chi connectivity index (χ0n) is 14.3. The predicted molar refractivity (Wildman–Crippen MR) is 99.0 cm³/mol. The Morgan fingerprint density at radius 1 is 1.00 bits per heavy atom. The quantitative estimate of drug-likeness (QED) is 0.694. The maximum absolute atomic E-state index is 12.7. The minimum atomic E-state index is -0.847. The minimum Gasteiger partial charge on any atom is -0.507 e. The number of nitrogens with one attached hydrogen (secondary N) is 1. The second-order valence-corrected chi connectivity index (χ2v) is 5.96. The molecule has 3 aromatic carbocycles. The summed E-state index contributed by atoms with van der Waals surface area (Å²) < 4.78 is 4.81. The van der Waals surface area contributed by atoms with Crippen molar-refractivity contribution in [3.63, 3.8) is 0 Å². The van der Waals surface area contributed by atoms with Gasteiger partial charge in [0.15, 0.2) is 0 Å². The molecule has 5 nitrogen and oxygen atoms in total. The molecule has 0 saturated carbocycles. The van der Waals surface area contributed by atoms with Gasteiger partial charge in [-0.25, -0.2) is 4.79 Å². The number of aromatic hydroxyl groups is 1. The molecule has 0 fully saturated rings. The number of benzene rings is 3. The number of rotatable bonds is 5. The Balaban J connectivity index is 1.85. The summed E-state index contributed by atoms with van der Waals surface area (Å²) in [5.41, 5.74) is 1.01. The number of amides is 1. The lowest BCUT2D eigenvalue weighted by Crippen LogP contribution is -2.43. The molecule has 1 atom stereocenters. The standard InChI is InChI=1S/C21H19NO4/c1-26-21(25)18(11-14-7-3-2-4-8-14)22-20(24)17-12-15-9-5-6-10-16(15)13-19(17)23/h2-10,12-13,18,23H,11H2,1H3,(H,22,24). The molecule has 132 valence electrons. The van der Waals surface area contributed by atoms with Crippen molar-refractivity contribution in [2.75, 3.05) is 7.11 Å². The molecule has 3 rings (SSSR count). The number of ether oxygens (including phenoxy) is 1. The van der Waals surface area contributed by atoms with E-state index in [1.807, 2.05) is 54.6 Å². The molecule has 0 radical (unpaired) electrons. The summed E-state index contributed by atoms with van der Waals surface area (Å²) in [6.45, 7) is 0. The highest BCUT2D eigenvalue weighted by molar-refractivity contribution is 6.02. The van der Waals surface area contributed by atoms with Crippen LogP contribution in [0.15, 0.2) is 66.7 Å². The van der Waals surface area contributed by atoms with E-state index in [4.69, 9.17) is 4.74 Å². The third kappa shape index (κ3) is 3.83. The molecule has 3 aromatic rings. The number of hydrogen-bond donors (Lipinski definition) is 2. The first-order valence-electron chi connectivity index (χ1n) is 8.23. The van der Waals surface area contributed by atoms with E-state index in [1.54, 1.807) is 6.07 Å². The van der Waals surface area contributed by atoms with Gasteiger partial charge in [0.2, 0.25) is 0 Å². The average molecular weight is 349 g/mol. The van der Waals surface area contributed by atoms with Crippen LogP contribution in [0.2, 0.25) is 0 Å². The minimum absolute atomic E-state index is 0.116. The number of phenols is 1. The van der Waals surface area contributed by atoms with Crippen LogP contribution in [-0.4, -0.2) is 30.1 Å². The van der Waals surface area contributed by atoms with Crippen molar-refractivity contribution < 1.29 is 19.4 Å². The van der Waals surface area contributed by atoms with Gasteiger partial charge in [-0.05, 0) is 28.5 Å². The summed E-state index contributed by atoms with van der Waals surface area (Å²) in [6, 6.07) is 19.1. The van der Waals surface area contributed by atoms with E-state index in [-0.39, 0.29) is 11.3 Å². The topological polar surface area (TPSA) is 75.6 Å². The van der Waals surface area contributed by atoms with E-state index >= 15 is 0 Å². The summed E-state index contributed by atoms with van der Waals surface area (Å²) in [4.78, 5) is 24.7. The first-order valence-corrected chi connectivity index (χ1v) is 8.23. The number of esters is 1. The maximum Gasteiger partial charge on any atom is 0.328 e. The summed E-state index contributed by atoms with van der Waals surface area (Å²) >= 11 is 0. The van der Waals surface area contributed by atoms with Gasteiger partial charge >= 0.3 is 5.97 Å². The van der Waals surface area contributed by atoms with Crippen molar-refractivity contribution >= 4 is 22.6 Å². The summed E-state index contributed by atoms with van der Waals surface area (Å²) in [7, 11) is 1.28. The monoisotopic (exact) mass is 349 g/mol. The van der Waals surface area contributed by atoms with Crippen LogP contribution >= 0.6 is 0 Å². The average Bonchev–Trinajstić information content (AvgIpc) is 2.67. The SMILES string of the molecule is COC(=O)C(Cc1ccccc1)NC(=O)c1cc2ccccc2cc1O. The zero-order chi connectivity index (χ0) is 18.5. The third-order valence-corrected chi connectivity index (χ3v) is 4.18. The molecular weight excluding hydrogens is 330 g/mol. The van der Waals surface area contributed by atoms with Gasteiger partial charge in [-0.15, -0.1) is 0 Å². The second kappa shape index (κ2) is 7.70. The zero-order valence-corrected chi connectivity index (χ0v) is 14.3. The first kappa shape index (κ1) is 17.5. The molecule has 0 aliphatic carbocycles. The van der Waals surface area contributed by atoms with Gasteiger partial charge in [0, 0.05) is 6.42 Å². The molecule has 26 heavy (non-hydrogen) atoms. The van der Waals surface area contributed by atoms with E-state index in [0.29, 0.717) is 6.42 Å². The van der Waals surface area contributed by atoms with Crippen molar-refractivity contribution in [3.8, 4) is 5.75 Å². The highest BCUT2D eigenvalue weighted by Gasteiger charge is 2.24. The summed E-state index contributed by atoms with van der Waals surface area (Å²) in [5.74, 6) is -1.20. The van der Waals surface area contributed by atoms with Crippen LogP contribution in [0.1, 0.15) is 15.9 Å². The lowest BCUT2D eigenvalue weighted by atomic mass is 10.0. The van der Waals surface area contributed by atoms with Crippen molar-refractivity contribution in [1.82, 2.24) is 5.32 Å². The Hall–Kier alpha value is -3.34. The summed E-state index contributed by atoms with van der Waals surface area (Å²) in [6.07, 6.45) is 0.299. The van der Waals surface area contributed by atoms with Gasteiger partial charge in [-0.1, -0.05) is 54.6 Å². The number of fused-ring (bicyclic) bond motifs is 1. The van der Waals surface area contributed by atoms with Crippen molar-refractivity contribution in [2.45, 2.75) is 12.5 Å². The van der Waals surface area contributed by atoms with Crippen LogP contribution in [0, 0.1) is 0 Å². The lowest BCUT2D eigenvalue weighted by molar-refractivity contribution is -0.142. The molecule has 0 spiro atoms. The Morgan fingerprint density at radius 2 is 1.62 bits per heavy atom. The van der Waals surface area contributed by atoms with Gasteiger partial charge < -0.3 is 15.2 Å². The number of carbonyl (C=O) groups is 2. The molecule has 1 amide bonds. The highest BCUT2D eigenvalue weighted by Crippen LogP contribution is 2.25. The van der Waals surface area contributed by atoms with Crippen LogP contribution in [0.3, 0.4) is 0 Å². The van der Waals surface area contributed by atoms with E-state index in [0.717, 1.165) is 16.3 Å². The van der Waals surface area contributed by atoms with Gasteiger partial charge in [-0.2, -0.15) is 0 Å². The Morgan fingerprint density at radius 3 is 2.27 bits per heavy atom. The molecular formula is C21H19NO4. The molecule has 1 unspecified atom stereocenters. The Kier molecular flexibility index (Phi) is 5.17. The smallest absolute Gasteiger partial charge is 0.328 e. The van der Waals surface area contributed by atoms with Gasteiger partial charge in [0.1, 0.15) is 11.8 Å². The number of carbonyl (C=O) groups excluding carboxylic acids is 2. The number of phenolic OH excluding ortho intramolecular Hbond substituents is 1. The lowest BCUT2D eigenvalue weighted by Gasteiger charge is -2.17. The molecule has 0 heterocycles. The first-order chi connectivity index (χ1) is 12.6. The molecule has 0 saturated heterocycles. The molecule has 5 heteroatoms. The van der Waals surface area contributed by atoms with E-state index in [2.05, 4.69) is 5.32 Å². The molecule has 0 aliphatic rings. The van der Waals surface area contributed by atoms with Crippen LogP contribution < -0.4 is 5.32 Å². The summed E-state index contributed by atoms with van der Waals surface area (Å²) in [5, 5.41) is 14.5. The van der Waals surface area contributed by atoms with E-state index in [1.165, 1.54) is 13.2 Å². The normalized spacial score (nSPS) is 11.7. The largest absolute Gasteiger partial charge is 0.507 e. The van der Waals surface area contributed by atoms with Crippen LogP contribution in [-0.2, 0) is 16.0 Å². The van der Waals surface area contributed by atoms with Crippen molar-refractivity contribution in [3.05, 3.63) is 77.9 Å². The van der Waals surface area contributed by atoms with Crippen LogP contribution in [0.5, 0.6) is 5.75 Å². The molecule has 0 bridgehead atoms. The fourth-order valence-electron chi connectivity index (χ4n) is 2.83. The fourth-order valence-corrected chi connectivity index (χ4v) is 2.83. The van der Waals surface area contributed by atoms with Gasteiger partial charge in [0.05, 0.1) is 12.7 Å². The number of methoxy groups -OCH3 is 1. The van der Waals surface area contributed by atoms with Gasteiger partial charge in [0.25, 0.3) is 5.91 Å². The van der Waals surface area contributed by atoms with Crippen molar-refractivity contribution in [2.24, 2.45) is 0 Å². The van der Waals surface area contributed by atoms with E-state index in [9.17, 15) is 14.7 Å². The predicted octanol–water partition coefficient (Wildman–Crippen LogP) is 3.06. The van der Waals surface area contributed by atoms with Gasteiger partial charge in [-0.3, -0.25) is 4.79 Å². The molecule has 0 aliphatic heterocycles. The number of hydrogen-bond acceptors (Lipinski definition) is 4. The molecule has 0 aromatic heterocycles. The second-order valence-electron chi connectivity index (χ2n) is 5.96. The highest BCUT2D eigenvalue weighted by atomic mass is 16.5. The van der Waals surface area contributed by atoms with Crippen molar-refractivity contribution in [1.29, 1.82) is 0 Å². The maximum atomic E-state index is 12.7. The molecule has 2 N–H and O–H groups in total. The van der Waals surface area contributed by atoms with Crippen LogP contribution in [0.25, 0.3) is 10.8 Å². The Labute approximate surface area is 151 Å². The van der Waals surface area contributed by atoms with Crippen LogP contribution in [0.4, 0.5) is 0 Å². The Bertz CT molecular complexity index is 937. The fraction of sp³-hybridized carbons (Fsp3) is 0.143. The third-order valence-electron chi connectivity index (χ3n) is 4.18.